The molecule has 0 bridgehead atoms. The van der Waals surface area contributed by atoms with Crippen molar-refractivity contribution in [1.29, 1.82) is 0 Å². The highest BCUT2D eigenvalue weighted by Crippen LogP contribution is 2.31. The van der Waals surface area contributed by atoms with Gasteiger partial charge >= 0.3 is 12.2 Å². The number of anilines is 1. The Morgan fingerprint density at radius 1 is 0.892 bits per heavy atom. The van der Waals surface area contributed by atoms with Crippen LogP contribution in [0.15, 0.2) is 95.6 Å². The third-order valence-corrected chi connectivity index (χ3v) is 5.52. The molecule has 0 aliphatic rings. The third kappa shape index (κ3) is 7.07. The molecule has 6 nitrogen and oxygen atoms in total. The van der Waals surface area contributed by atoms with E-state index in [4.69, 9.17) is 13.9 Å². The van der Waals surface area contributed by atoms with E-state index in [0.717, 1.165) is 23.3 Å². The van der Waals surface area contributed by atoms with Crippen molar-refractivity contribution < 1.29 is 31.9 Å². The number of furan rings is 1. The van der Waals surface area contributed by atoms with Crippen LogP contribution in [0.4, 0.5) is 23.7 Å². The zero-order chi connectivity index (χ0) is 26.3. The van der Waals surface area contributed by atoms with Gasteiger partial charge in [0.25, 0.3) is 0 Å². The van der Waals surface area contributed by atoms with Crippen LogP contribution in [0.2, 0.25) is 0 Å². The summed E-state index contributed by atoms with van der Waals surface area (Å²) in [5, 5.41) is 2.65. The predicted octanol–water partition coefficient (Wildman–Crippen LogP) is 7.12. The number of urea groups is 1. The molecular weight excluding hydrogens is 485 g/mol. The monoisotopic (exact) mass is 510 g/mol. The van der Waals surface area contributed by atoms with Gasteiger partial charge in [0.05, 0.1) is 25.5 Å². The molecule has 4 rings (SSSR count). The molecule has 0 radical (unpaired) electrons. The van der Waals surface area contributed by atoms with E-state index in [1.54, 1.807) is 24.3 Å². The van der Waals surface area contributed by atoms with Crippen LogP contribution in [0.3, 0.4) is 0 Å². The Bertz CT molecular complexity index is 1290. The highest BCUT2D eigenvalue weighted by Gasteiger charge is 2.30. The minimum Gasteiger partial charge on any atom is -0.493 e. The molecule has 0 fully saturated rings. The lowest BCUT2D eigenvalue weighted by atomic mass is 10.1. The van der Waals surface area contributed by atoms with Gasteiger partial charge in [0.15, 0.2) is 11.5 Å². The van der Waals surface area contributed by atoms with Gasteiger partial charge < -0.3 is 24.1 Å². The van der Waals surface area contributed by atoms with Gasteiger partial charge in [-0.25, -0.2) is 4.79 Å². The van der Waals surface area contributed by atoms with Crippen LogP contribution in [0.25, 0.3) is 0 Å². The van der Waals surface area contributed by atoms with Crippen LogP contribution in [-0.4, -0.2) is 18.0 Å². The third-order valence-electron chi connectivity index (χ3n) is 5.52. The second-order valence-corrected chi connectivity index (χ2v) is 8.20. The average Bonchev–Trinajstić information content (AvgIpc) is 3.41. The number of carbonyl (C=O) groups is 1. The standard InChI is InChI=1S/C28H25F3N2O4/c1-35-26-16-21(9-14-25(26)37-19-20-6-3-2-4-7-20)17-33(18-24-8-5-15-36-24)27(34)32-23-12-10-22(11-13-23)28(29,30)31/h2-16H,17-19H2,1H3,(H,32,34). The average molecular weight is 511 g/mol. The molecule has 2 amide bonds. The Morgan fingerprint density at radius 3 is 2.30 bits per heavy atom. The molecule has 9 heteroatoms. The zero-order valence-electron chi connectivity index (χ0n) is 20.0. The van der Waals surface area contributed by atoms with Crippen LogP contribution in [0.5, 0.6) is 11.5 Å². The molecule has 0 atom stereocenters. The molecule has 1 heterocycles. The quantitative estimate of drug-likeness (QED) is 0.260. The van der Waals surface area contributed by atoms with Crippen molar-refractivity contribution in [2.75, 3.05) is 12.4 Å². The molecule has 0 aliphatic carbocycles. The number of halogens is 3. The summed E-state index contributed by atoms with van der Waals surface area (Å²) < 4.78 is 55.4. The number of nitrogens with one attached hydrogen (secondary N) is 1. The van der Waals surface area contributed by atoms with Gasteiger partial charge in [-0.15, -0.1) is 0 Å². The molecule has 3 aromatic carbocycles. The second-order valence-electron chi connectivity index (χ2n) is 8.20. The number of methoxy groups -OCH3 is 1. The van der Waals surface area contributed by atoms with Gasteiger partial charge in [-0.05, 0) is 59.7 Å². The van der Waals surface area contributed by atoms with E-state index >= 15 is 0 Å². The molecule has 0 spiro atoms. The smallest absolute Gasteiger partial charge is 0.416 e. The summed E-state index contributed by atoms with van der Waals surface area (Å²) in [6.45, 7) is 0.702. The summed E-state index contributed by atoms with van der Waals surface area (Å²) in [5.41, 5.74) is 1.22. The van der Waals surface area contributed by atoms with Crippen LogP contribution in [0, 0.1) is 0 Å². The fraction of sp³-hybridized carbons (Fsp3) is 0.179. The van der Waals surface area contributed by atoms with Crippen molar-refractivity contribution in [2.24, 2.45) is 0 Å². The van der Waals surface area contributed by atoms with Crippen molar-refractivity contribution in [3.63, 3.8) is 0 Å². The van der Waals surface area contributed by atoms with Gasteiger partial charge in [-0.1, -0.05) is 36.4 Å². The van der Waals surface area contributed by atoms with Crippen molar-refractivity contribution in [3.8, 4) is 11.5 Å². The Labute approximate surface area is 212 Å². The lowest BCUT2D eigenvalue weighted by Crippen LogP contribution is -2.34. The Morgan fingerprint density at radius 2 is 1.65 bits per heavy atom. The lowest BCUT2D eigenvalue weighted by Gasteiger charge is -2.23. The summed E-state index contributed by atoms with van der Waals surface area (Å²) in [7, 11) is 1.53. The van der Waals surface area contributed by atoms with Crippen molar-refractivity contribution in [2.45, 2.75) is 25.9 Å². The normalized spacial score (nSPS) is 11.1. The first-order valence-corrected chi connectivity index (χ1v) is 11.4. The zero-order valence-corrected chi connectivity index (χ0v) is 20.0. The number of amides is 2. The molecule has 4 aromatic rings. The molecule has 0 saturated heterocycles. The topological polar surface area (TPSA) is 63.9 Å². The van der Waals surface area contributed by atoms with Crippen LogP contribution < -0.4 is 14.8 Å². The SMILES string of the molecule is COc1cc(CN(Cc2ccco2)C(=O)Nc2ccc(C(F)(F)F)cc2)ccc1OCc1ccccc1. The number of benzene rings is 3. The molecular formula is C28H25F3N2O4. The minimum absolute atomic E-state index is 0.147. The molecule has 0 saturated carbocycles. The van der Waals surface area contributed by atoms with Gasteiger partial charge in [0.1, 0.15) is 12.4 Å². The number of hydrogen-bond donors (Lipinski definition) is 1. The largest absolute Gasteiger partial charge is 0.493 e. The summed E-state index contributed by atoms with van der Waals surface area (Å²) in [6, 6.07) is 22.3. The van der Waals surface area contributed by atoms with E-state index in [2.05, 4.69) is 5.32 Å². The number of alkyl halides is 3. The van der Waals surface area contributed by atoms with E-state index in [1.165, 1.54) is 30.4 Å². The molecule has 37 heavy (non-hydrogen) atoms. The number of nitrogens with zero attached hydrogens (tertiary/aromatic N) is 1. The highest BCUT2D eigenvalue weighted by molar-refractivity contribution is 5.89. The second kappa shape index (κ2) is 11.6. The van der Waals surface area contributed by atoms with Crippen LogP contribution >= 0.6 is 0 Å². The predicted molar refractivity (Wildman–Crippen MR) is 132 cm³/mol. The van der Waals surface area contributed by atoms with E-state index in [-0.39, 0.29) is 18.8 Å². The number of carbonyl (C=O) groups excluding carboxylic acids is 1. The maximum Gasteiger partial charge on any atom is 0.416 e. The van der Waals surface area contributed by atoms with Gasteiger partial charge in [-0.2, -0.15) is 13.2 Å². The Kier molecular flexibility index (Phi) is 8.02. The Balaban J connectivity index is 1.48. The fourth-order valence-corrected chi connectivity index (χ4v) is 3.62. The first-order valence-electron chi connectivity index (χ1n) is 11.4. The molecule has 0 unspecified atom stereocenters. The van der Waals surface area contributed by atoms with Crippen LogP contribution in [0.1, 0.15) is 22.5 Å². The fourth-order valence-electron chi connectivity index (χ4n) is 3.62. The summed E-state index contributed by atoms with van der Waals surface area (Å²) in [5.74, 6) is 1.62. The molecule has 1 N–H and O–H groups in total. The molecule has 0 aliphatic heterocycles. The lowest BCUT2D eigenvalue weighted by molar-refractivity contribution is -0.137. The van der Waals surface area contributed by atoms with Gasteiger partial charge in [-0.3, -0.25) is 0 Å². The first kappa shape index (κ1) is 25.7. The minimum atomic E-state index is -4.45. The summed E-state index contributed by atoms with van der Waals surface area (Å²) in [4.78, 5) is 14.6. The highest BCUT2D eigenvalue weighted by atomic mass is 19.4. The summed E-state index contributed by atoms with van der Waals surface area (Å²) >= 11 is 0. The van der Waals surface area contributed by atoms with Gasteiger partial charge in [0, 0.05) is 12.2 Å². The van der Waals surface area contributed by atoms with Crippen molar-refractivity contribution >= 4 is 11.7 Å². The van der Waals surface area contributed by atoms with E-state index in [0.29, 0.717) is 23.9 Å². The molecule has 1 aromatic heterocycles. The number of ether oxygens (including phenoxy) is 2. The number of hydrogen-bond acceptors (Lipinski definition) is 4. The van der Waals surface area contributed by atoms with E-state index in [1.807, 2.05) is 36.4 Å². The maximum absolute atomic E-state index is 13.1. The Hall–Kier alpha value is -4.40. The van der Waals surface area contributed by atoms with E-state index < -0.39 is 17.8 Å². The van der Waals surface area contributed by atoms with Gasteiger partial charge in [0.2, 0.25) is 0 Å². The van der Waals surface area contributed by atoms with E-state index in [9.17, 15) is 18.0 Å². The summed E-state index contributed by atoms with van der Waals surface area (Å²) in [6.07, 6.45) is -2.95. The maximum atomic E-state index is 13.1. The molecule has 192 valence electrons. The first-order chi connectivity index (χ1) is 17.8. The number of rotatable bonds is 9. The van der Waals surface area contributed by atoms with Crippen molar-refractivity contribution in [1.82, 2.24) is 4.90 Å². The van der Waals surface area contributed by atoms with Crippen LogP contribution in [-0.2, 0) is 25.9 Å². The van der Waals surface area contributed by atoms with Crippen molar-refractivity contribution in [3.05, 3.63) is 114 Å².